The molecule has 0 aliphatic rings. The van der Waals surface area contributed by atoms with Crippen LogP contribution in [0, 0.1) is 13.8 Å². The first-order chi connectivity index (χ1) is 12.4. The van der Waals surface area contributed by atoms with Crippen LogP contribution in [0.3, 0.4) is 0 Å². The molecule has 5 heteroatoms. The largest absolute Gasteiger partial charge is 0.461 e. The number of benzene rings is 1. The molecule has 1 N–H and O–H groups in total. The molecule has 0 unspecified atom stereocenters. The maximum atomic E-state index is 12.8. The summed E-state index contributed by atoms with van der Waals surface area (Å²) in [5.74, 6) is -0.543. The molecule has 0 bridgehead atoms. The first kappa shape index (κ1) is 19.8. The molecule has 0 aliphatic carbocycles. The van der Waals surface area contributed by atoms with Crippen molar-refractivity contribution in [2.75, 3.05) is 6.61 Å². The monoisotopic (exact) mass is 356 g/mol. The van der Waals surface area contributed by atoms with E-state index < -0.39 is 5.97 Å². The highest BCUT2D eigenvalue weighted by Gasteiger charge is 2.26. The SMILES string of the molecule is CCOC(=O)c1c(C)c(C(=O)N[C@@H](C)CCc2ccccc2)c(C)n1C. The van der Waals surface area contributed by atoms with E-state index in [1.165, 1.54) is 5.56 Å². The summed E-state index contributed by atoms with van der Waals surface area (Å²) >= 11 is 0. The predicted octanol–water partition coefficient (Wildman–Crippen LogP) is 3.57. The lowest BCUT2D eigenvalue weighted by Crippen LogP contribution is -2.33. The van der Waals surface area contributed by atoms with Crippen LogP contribution in [0.5, 0.6) is 0 Å². The average molecular weight is 356 g/mol. The lowest BCUT2D eigenvalue weighted by molar-refractivity contribution is 0.0514. The number of nitrogens with one attached hydrogen (secondary N) is 1. The minimum absolute atomic E-state index is 0.0350. The Morgan fingerprint density at radius 3 is 2.46 bits per heavy atom. The van der Waals surface area contributed by atoms with Gasteiger partial charge < -0.3 is 14.6 Å². The standard InChI is InChI=1S/C21H28N2O3/c1-6-26-21(25)19-15(3)18(16(4)23(19)5)20(24)22-14(2)12-13-17-10-8-7-9-11-17/h7-11,14H,6,12-13H2,1-5H3,(H,22,24)/t14-/m0/s1. The minimum atomic E-state index is -0.397. The Hall–Kier alpha value is -2.56. The van der Waals surface area contributed by atoms with E-state index in [1.807, 2.05) is 32.0 Å². The van der Waals surface area contributed by atoms with Crippen molar-refractivity contribution in [3.8, 4) is 0 Å². The van der Waals surface area contributed by atoms with Crippen LogP contribution < -0.4 is 5.32 Å². The lowest BCUT2D eigenvalue weighted by atomic mass is 10.0. The van der Waals surface area contributed by atoms with Crippen LogP contribution in [0.25, 0.3) is 0 Å². The molecular weight excluding hydrogens is 328 g/mol. The van der Waals surface area contributed by atoms with E-state index in [0.29, 0.717) is 23.4 Å². The molecule has 26 heavy (non-hydrogen) atoms. The van der Waals surface area contributed by atoms with Crippen molar-refractivity contribution >= 4 is 11.9 Å². The summed E-state index contributed by atoms with van der Waals surface area (Å²) in [5.41, 5.74) is 3.67. The fourth-order valence-electron chi connectivity index (χ4n) is 3.20. The molecule has 0 radical (unpaired) electrons. The molecule has 2 rings (SSSR count). The van der Waals surface area contributed by atoms with Gasteiger partial charge in [-0.1, -0.05) is 30.3 Å². The molecule has 1 aromatic heterocycles. The van der Waals surface area contributed by atoms with Crippen LogP contribution in [0.1, 0.15) is 57.9 Å². The molecule has 140 valence electrons. The Morgan fingerprint density at radius 1 is 1.19 bits per heavy atom. The van der Waals surface area contributed by atoms with E-state index in [4.69, 9.17) is 4.74 Å². The van der Waals surface area contributed by atoms with Gasteiger partial charge in [0.2, 0.25) is 0 Å². The van der Waals surface area contributed by atoms with E-state index in [-0.39, 0.29) is 11.9 Å². The molecule has 2 aromatic rings. The van der Waals surface area contributed by atoms with Gasteiger partial charge >= 0.3 is 5.97 Å². The smallest absolute Gasteiger partial charge is 0.355 e. The van der Waals surface area contributed by atoms with Gasteiger partial charge in [-0.3, -0.25) is 4.79 Å². The fraction of sp³-hybridized carbons (Fsp3) is 0.429. The summed E-state index contributed by atoms with van der Waals surface area (Å²) in [4.78, 5) is 25.0. The maximum absolute atomic E-state index is 12.8. The molecule has 0 aliphatic heterocycles. The van der Waals surface area contributed by atoms with Crippen molar-refractivity contribution in [3.63, 3.8) is 0 Å². The zero-order valence-corrected chi connectivity index (χ0v) is 16.3. The molecule has 1 amide bonds. The van der Waals surface area contributed by atoms with Crippen molar-refractivity contribution in [1.29, 1.82) is 0 Å². The predicted molar refractivity (Wildman–Crippen MR) is 103 cm³/mol. The van der Waals surface area contributed by atoms with Crippen molar-refractivity contribution in [2.24, 2.45) is 7.05 Å². The third-order valence-corrected chi connectivity index (χ3v) is 4.71. The minimum Gasteiger partial charge on any atom is -0.461 e. The Kier molecular flexibility index (Phi) is 6.61. The second-order valence-corrected chi connectivity index (χ2v) is 6.61. The van der Waals surface area contributed by atoms with Gasteiger partial charge in [-0.25, -0.2) is 4.79 Å². The van der Waals surface area contributed by atoms with Crippen LogP contribution in [0.15, 0.2) is 30.3 Å². The number of esters is 1. The van der Waals surface area contributed by atoms with Crippen LogP contribution in [0.2, 0.25) is 0 Å². The molecular formula is C21H28N2O3. The number of carbonyl (C=O) groups is 2. The maximum Gasteiger partial charge on any atom is 0.355 e. The summed E-state index contributed by atoms with van der Waals surface area (Å²) in [7, 11) is 1.78. The number of rotatable bonds is 7. The molecule has 1 heterocycles. The summed E-state index contributed by atoms with van der Waals surface area (Å²) in [6.45, 7) is 7.72. The molecule has 0 fully saturated rings. The van der Waals surface area contributed by atoms with E-state index >= 15 is 0 Å². The molecule has 0 saturated carbocycles. The number of hydrogen-bond acceptors (Lipinski definition) is 3. The summed E-state index contributed by atoms with van der Waals surface area (Å²) in [5, 5.41) is 3.06. The second kappa shape index (κ2) is 8.70. The highest BCUT2D eigenvalue weighted by molar-refractivity contribution is 6.01. The van der Waals surface area contributed by atoms with Crippen LogP contribution >= 0.6 is 0 Å². The Labute approximate surface area is 155 Å². The molecule has 1 aromatic carbocycles. The lowest BCUT2D eigenvalue weighted by Gasteiger charge is -2.14. The highest BCUT2D eigenvalue weighted by atomic mass is 16.5. The Morgan fingerprint density at radius 2 is 1.85 bits per heavy atom. The Bertz CT molecular complexity index is 778. The number of amides is 1. The van der Waals surface area contributed by atoms with Gasteiger partial charge in [-0.15, -0.1) is 0 Å². The first-order valence-corrected chi connectivity index (χ1v) is 9.04. The number of aryl methyl sites for hydroxylation is 1. The van der Waals surface area contributed by atoms with Crippen molar-refractivity contribution in [3.05, 3.63) is 58.4 Å². The first-order valence-electron chi connectivity index (χ1n) is 9.04. The molecule has 0 spiro atoms. The van der Waals surface area contributed by atoms with Gasteiger partial charge in [0.15, 0.2) is 0 Å². The molecule has 1 atom stereocenters. The summed E-state index contributed by atoms with van der Waals surface area (Å²) in [6, 6.07) is 10.2. The van der Waals surface area contributed by atoms with Crippen molar-refractivity contribution in [1.82, 2.24) is 9.88 Å². The zero-order valence-electron chi connectivity index (χ0n) is 16.3. The van der Waals surface area contributed by atoms with E-state index in [9.17, 15) is 9.59 Å². The number of carbonyl (C=O) groups excluding carboxylic acids is 2. The van der Waals surface area contributed by atoms with Gasteiger partial charge in [0.05, 0.1) is 12.2 Å². The van der Waals surface area contributed by atoms with Gasteiger partial charge in [0.25, 0.3) is 5.91 Å². The fourth-order valence-corrected chi connectivity index (χ4v) is 3.20. The zero-order chi connectivity index (χ0) is 19.3. The average Bonchev–Trinajstić information content (AvgIpc) is 2.83. The van der Waals surface area contributed by atoms with E-state index in [2.05, 4.69) is 17.4 Å². The summed E-state index contributed by atoms with van der Waals surface area (Å²) in [6.07, 6.45) is 1.76. The number of aromatic nitrogens is 1. The quantitative estimate of drug-likeness (QED) is 0.772. The van der Waals surface area contributed by atoms with Crippen LogP contribution in [0.4, 0.5) is 0 Å². The third kappa shape index (κ3) is 4.34. The van der Waals surface area contributed by atoms with Gasteiger partial charge in [-0.05, 0) is 51.7 Å². The van der Waals surface area contributed by atoms with Crippen molar-refractivity contribution in [2.45, 2.75) is 46.6 Å². The number of hydrogen-bond donors (Lipinski definition) is 1. The second-order valence-electron chi connectivity index (χ2n) is 6.61. The van der Waals surface area contributed by atoms with Crippen molar-refractivity contribution < 1.29 is 14.3 Å². The topological polar surface area (TPSA) is 60.3 Å². The van der Waals surface area contributed by atoms with E-state index in [0.717, 1.165) is 18.5 Å². The molecule has 0 saturated heterocycles. The summed E-state index contributed by atoms with van der Waals surface area (Å²) < 4.78 is 6.85. The normalized spacial score (nSPS) is 11.9. The third-order valence-electron chi connectivity index (χ3n) is 4.71. The van der Waals surface area contributed by atoms with E-state index in [1.54, 1.807) is 25.5 Å². The number of ether oxygens (including phenoxy) is 1. The highest BCUT2D eigenvalue weighted by Crippen LogP contribution is 2.22. The van der Waals surface area contributed by atoms with Crippen LogP contribution in [-0.4, -0.2) is 29.1 Å². The molecule has 5 nitrogen and oxygen atoms in total. The van der Waals surface area contributed by atoms with Crippen LogP contribution in [-0.2, 0) is 18.2 Å². The Balaban J connectivity index is 2.09. The van der Waals surface area contributed by atoms with Gasteiger partial charge in [0.1, 0.15) is 5.69 Å². The van der Waals surface area contributed by atoms with Gasteiger partial charge in [0, 0.05) is 18.8 Å². The number of nitrogens with zero attached hydrogens (tertiary/aromatic N) is 1. The van der Waals surface area contributed by atoms with Gasteiger partial charge in [-0.2, -0.15) is 0 Å².